The molecule has 0 spiro atoms. The number of methoxy groups -OCH3 is 1. The number of carbonyl (C=O) groups is 1. The molecule has 0 saturated carbocycles. The molecule has 6 rings (SSSR count). The lowest BCUT2D eigenvalue weighted by Gasteiger charge is -2.36. The lowest BCUT2D eigenvalue weighted by atomic mass is 10.0. The van der Waals surface area contributed by atoms with Crippen molar-refractivity contribution in [2.45, 2.75) is 26.4 Å². The SMILES string of the molecule is COc1ncc(-c2ccnc3[nH]ccc23)cc1-c1nc2cc(N3CCN(C(=O)OC(C)(C)C)CC3)ccc2[nH]1. The van der Waals surface area contributed by atoms with Gasteiger partial charge in [-0.2, -0.15) is 0 Å². The van der Waals surface area contributed by atoms with Crippen molar-refractivity contribution in [2.75, 3.05) is 38.2 Å². The monoisotopic (exact) mass is 525 g/mol. The highest BCUT2D eigenvalue weighted by Crippen LogP contribution is 2.34. The third-order valence-corrected chi connectivity index (χ3v) is 6.83. The average molecular weight is 526 g/mol. The van der Waals surface area contributed by atoms with Crippen LogP contribution >= 0.6 is 0 Å². The second kappa shape index (κ2) is 9.61. The van der Waals surface area contributed by atoms with E-state index in [0.717, 1.165) is 57.5 Å². The molecule has 1 aliphatic heterocycles. The molecular formula is C29H31N7O3. The fraction of sp³-hybridized carbons (Fsp3) is 0.310. The Morgan fingerprint density at radius 2 is 1.82 bits per heavy atom. The Labute approximate surface area is 226 Å². The minimum atomic E-state index is -0.499. The second-order valence-electron chi connectivity index (χ2n) is 10.6. The van der Waals surface area contributed by atoms with E-state index in [4.69, 9.17) is 14.5 Å². The molecule has 200 valence electrons. The van der Waals surface area contributed by atoms with Gasteiger partial charge in [0, 0.05) is 61.4 Å². The Bertz CT molecular complexity index is 1660. The van der Waals surface area contributed by atoms with Gasteiger partial charge in [-0.1, -0.05) is 0 Å². The number of carbonyl (C=O) groups excluding carboxylic acids is 1. The van der Waals surface area contributed by atoms with Crippen LogP contribution in [0.25, 0.3) is 44.6 Å². The van der Waals surface area contributed by atoms with Crippen molar-refractivity contribution in [1.29, 1.82) is 0 Å². The molecule has 5 heterocycles. The fourth-order valence-electron chi connectivity index (χ4n) is 4.94. The van der Waals surface area contributed by atoms with Crippen LogP contribution in [0.3, 0.4) is 0 Å². The maximum absolute atomic E-state index is 12.4. The van der Waals surface area contributed by atoms with Crippen LogP contribution in [0.4, 0.5) is 10.5 Å². The molecule has 0 atom stereocenters. The molecule has 0 aliphatic carbocycles. The minimum absolute atomic E-state index is 0.261. The Morgan fingerprint density at radius 3 is 2.59 bits per heavy atom. The van der Waals surface area contributed by atoms with Gasteiger partial charge in [-0.25, -0.2) is 19.7 Å². The van der Waals surface area contributed by atoms with E-state index in [-0.39, 0.29) is 6.09 Å². The molecule has 2 N–H and O–H groups in total. The topological polar surface area (TPSA) is 112 Å². The smallest absolute Gasteiger partial charge is 0.410 e. The molecule has 0 unspecified atom stereocenters. The maximum atomic E-state index is 12.4. The molecule has 1 amide bonds. The number of amides is 1. The molecule has 1 fully saturated rings. The minimum Gasteiger partial charge on any atom is -0.480 e. The Hall–Kier alpha value is -4.60. The van der Waals surface area contributed by atoms with Gasteiger partial charge in [0.1, 0.15) is 17.1 Å². The number of nitrogens with one attached hydrogen (secondary N) is 2. The second-order valence-corrected chi connectivity index (χ2v) is 10.6. The van der Waals surface area contributed by atoms with E-state index >= 15 is 0 Å². The standard InChI is InChI=1S/C29H31N7O3/c1-29(2,3)39-28(37)36-13-11-35(12-14-36)19-5-6-23-24(16-19)34-26(33-23)22-15-18(17-32-27(22)38-4)20-7-9-30-25-21(20)8-10-31-25/h5-10,15-17H,11-14H2,1-4H3,(H,30,31)(H,33,34). The average Bonchev–Trinajstić information content (AvgIpc) is 3.58. The molecular weight excluding hydrogens is 494 g/mol. The van der Waals surface area contributed by atoms with Crippen LogP contribution in [0.15, 0.2) is 55.0 Å². The van der Waals surface area contributed by atoms with E-state index in [2.05, 4.69) is 37.0 Å². The predicted octanol–water partition coefficient (Wildman–Crippen LogP) is 5.23. The van der Waals surface area contributed by atoms with Crippen molar-refractivity contribution < 1.29 is 14.3 Å². The van der Waals surface area contributed by atoms with Crippen molar-refractivity contribution >= 4 is 33.8 Å². The van der Waals surface area contributed by atoms with Crippen LogP contribution in [-0.4, -0.2) is 74.8 Å². The number of aromatic amines is 2. The lowest BCUT2D eigenvalue weighted by Crippen LogP contribution is -2.50. The van der Waals surface area contributed by atoms with Crippen LogP contribution in [-0.2, 0) is 4.74 Å². The highest BCUT2D eigenvalue weighted by molar-refractivity contribution is 5.94. The van der Waals surface area contributed by atoms with E-state index in [1.807, 2.05) is 57.4 Å². The van der Waals surface area contributed by atoms with Gasteiger partial charge in [-0.05, 0) is 62.7 Å². The number of benzene rings is 1. The predicted molar refractivity (Wildman–Crippen MR) is 151 cm³/mol. The summed E-state index contributed by atoms with van der Waals surface area (Å²) in [6.45, 7) is 8.32. The number of hydrogen-bond acceptors (Lipinski definition) is 7. The van der Waals surface area contributed by atoms with Gasteiger partial charge in [0.2, 0.25) is 5.88 Å². The summed E-state index contributed by atoms with van der Waals surface area (Å²) in [4.78, 5) is 37.0. The Kier molecular flexibility index (Phi) is 6.09. The van der Waals surface area contributed by atoms with Crippen molar-refractivity contribution in [3.63, 3.8) is 0 Å². The zero-order chi connectivity index (χ0) is 27.1. The fourth-order valence-corrected chi connectivity index (χ4v) is 4.94. The highest BCUT2D eigenvalue weighted by atomic mass is 16.6. The van der Waals surface area contributed by atoms with Crippen molar-refractivity contribution in [2.24, 2.45) is 0 Å². The van der Waals surface area contributed by atoms with Gasteiger partial charge >= 0.3 is 6.09 Å². The molecule has 1 aliphatic rings. The van der Waals surface area contributed by atoms with Crippen LogP contribution in [0.1, 0.15) is 20.8 Å². The number of H-pyrrole nitrogens is 2. The van der Waals surface area contributed by atoms with Crippen LogP contribution in [0.2, 0.25) is 0 Å². The van der Waals surface area contributed by atoms with Gasteiger partial charge in [0.05, 0.1) is 23.7 Å². The molecule has 10 heteroatoms. The maximum Gasteiger partial charge on any atom is 0.410 e. The number of rotatable bonds is 4. The first-order valence-corrected chi connectivity index (χ1v) is 13.0. The highest BCUT2D eigenvalue weighted by Gasteiger charge is 2.26. The number of anilines is 1. The number of hydrogen-bond donors (Lipinski definition) is 2. The Balaban J connectivity index is 1.26. The number of piperazine rings is 1. The molecule has 4 aromatic heterocycles. The summed E-state index contributed by atoms with van der Waals surface area (Å²) in [5.41, 5.74) is 5.92. The van der Waals surface area contributed by atoms with Crippen molar-refractivity contribution in [3.05, 3.63) is 55.0 Å². The number of ether oxygens (including phenoxy) is 2. The van der Waals surface area contributed by atoms with Gasteiger partial charge in [0.25, 0.3) is 0 Å². The molecule has 0 radical (unpaired) electrons. The first-order valence-electron chi connectivity index (χ1n) is 13.0. The molecule has 10 nitrogen and oxygen atoms in total. The quantitative estimate of drug-likeness (QED) is 0.330. The Morgan fingerprint density at radius 1 is 1.00 bits per heavy atom. The van der Waals surface area contributed by atoms with Crippen molar-refractivity contribution in [3.8, 4) is 28.4 Å². The lowest BCUT2D eigenvalue weighted by molar-refractivity contribution is 0.0240. The molecule has 39 heavy (non-hydrogen) atoms. The number of fused-ring (bicyclic) bond motifs is 2. The summed E-state index contributed by atoms with van der Waals surface area (Å²) in [6, 6.07) is 12.2. The van der Waals surface area contributed by atoms with Crippen LogP contribution in [0, 0.1) is 0 Å². The molecule has 5 aromatic rings. The third-order valence-electron chi connectivity index (χ3n) is 6.83. The summed E-state index contributed by atoms with van der Waals surface area (Å²) in [5, 5.41) is 1.02. The molecule has 1 aromatic carbocycles. The summed E-state index contributed by atoms with van der Waals surface area (Å²) in [5.74, 6) is 1.18. The van der Waals surface area contributed by atoms with E-state index in [0.29, 0.717) is 24.8 Å². The number of pyridine rings is 2. The van der Waals surface area contributed by atoms with E-state index in [1.54, 1.807) is 18.2 Å². The van der Waals surface area contributed by atoms with E-state index < -0.39 is 5.60 Å². The van der Waals surface area contributed by atoms with E-state index in [1.165, 1.54) is 0 Å². The van der Waals surface area contributed by atoms with Gasteiger partial charge < -0.3 is 29.2 Å². The van der Waals surface area contributed by atoms with E-state index in [9.17, 15) is 4.79 Å². The third kappa shape index (κ3) is 4.85. The normalized spacial score (nSPS) is 14.3. The first kappa shape index (κ1) is 24.7. The zero-order valence-corrected chi connectivity index (χ0v) is 22.5. The van der Waals surface area contributed by atoms with Gasteiger partial charge in [0.15, 0.2) is 0 Å². The van der Waals surface area contributed by atoms with Gasteiger partial charge in [-0.3, -0.25) is 0 Å². The molecule has 0 bridgehead atoms. The number of nitrogens with zero attached hydrogens (tertiary/aromatic N) is 5. The number of aromatic nitrogens is 5. The van der Waals surface area contributed by atoms with Crippen LogP contribution in [0.5, 0.6) is 5.88 Å². The summed E-state index contributed by atoms with van der Waals surface area (Å²) < 4.78 is 11.1. The van der Waals surface area contributed by atoms with Crippen molar-refractivity contribution in [1.82, 2.24) is 29.8 Å². The largest absolute Gasteiger partial charge is 0.480 e. The summed E-state index contributed by atoms with van der Waals surface area (Å²) >= 11 is 0. The number of imidazole rings is 1. The van der Waals surface area contributed by atoms with Crippen LogP contribution < -0.4 is 9.64 Å². The molecule has 1 saturated heterocycles. The summed E-state index contributed by atoms with van der Waals surface area (Å²) in [7, 11) is 1.61. The zero-order valence-electron chi connectivity index (χ0n) is 22.5. The summed E-state index contributed by atoms with van der Waals surface area (Å²) in [6.07, 6.45) is 5.21. The van der Waals surface area contributed by atoms with Gasteiger partial charge in [-0.15, -0.1) is 0 Å². The first-order chi connectivity index (χ1) is 18.8.